The molecule has 5 rings (SSSR count). The van der Waals surface area contributed by atoms with Gasteiger partial charge < -0.3 is 15.4 Å². The van der Waals surface area contributed by atoms with Crippen molar-refractivity contribution in [1.82, 2.24) is 14.9 Å². The first-order chi connectivity index (χ1) is 16.7. The Balaban J connectivity index is 1.14. The van der Waals surface area contributed by atoms with Gasteiger partial charge in [0.25, 0.3) is 0 Å². The Kier molecular flexibility index (Phi) is 7.37. The van der Waals surface area contributed by atoms with Crippen LogP contribution in [-0.4, -0.2) is 66.2 Å². The van der Waals surface area contributed by atoms with Crippen LogP contribution in [0.5, 0.6) is 0 Å². The highest BCUT2D eigenvalue weighted by Gasteiger charge is 2.26. The van der Waals surface area contributed by atoms with Gasteiger partial charge >= 0.3 is 0 Å². The summed E-state index contributed by atoms with van der Waals surface area (Å²) in [5.41, 5.74) is 7.83. The number of nitrogens with zero attached hydrogens (tertiary/aromatic N) is 4. The van der Waals surface area contributed by atoms with Gasteiger partial charge in [-0.05, 0) is 43.7 Å². The van der Waals surface area contributed by atoms with Crippen LogP contribution in [-0.2, 0) is 9.53 Å². The maximum absolute atomic E-state index is 11.3. The molecule has 2 aliphatic rings. The number of anilines is 1. The molecule has 3 aromatic rings. The molecule has 1 amide bonds. The number of amides is 1. The highest BCUT2D eigenvalue weighted by atomic mass is 32.1. The molecule has 0 spiro atoms. The van der Waals surface area contributed by atoms with Crippen molar-refractivity contribution in [1.29, 1.82) is 0 Å². The second kappa shape index (κ2) is 10.8. The number of rotatable bonds is 9. The van der Waals surface area contributed by atoms with Crippen LogP contribution in [0.25, 0.3) is 21.3 Å². The fraction of sp³-hybridized carbons (Fsp3) is 0.500. The van der Waals surface area contributed by atoms with Gasteiger partial charge in [0, 0.05) is 49.6 Å². The lowest BCUT2D eigenvalue weighted by Gasteiger charge is -2.33. The van der Waals surface area contributed by atoms with Crippen LogP contribution in [0.4, 0.5) is 5.82 Å². The highest BCUT2D eigenvalue weighted by Crippen LogP contribution is 2.38. The number of hydrogen-bond acceptors (Lipinski definition) is 7. The predicted molar refractivity (Wildman–Crippen MR) is 137 cm³/mol. The molecule has 2 aromatic heterocycles. The maximum Gasteiger partial charge on any atom is 0.218 e. The molecule has 8 heteroatoms. The van der Waals surface area contributed by atoms with E-state index in [1.807, 2.05) is 6.07 Å². The average Bonchev–Trinajstić information content (AvgIpc) is 3.49. The molecule has 1 aromatic carbocycles. The topological polar surface area (TPSA) is 84.6 Å². The smallest absolute Gasteiger partial charge is 0.218 e. The van der Waals surface area contributed by atoms with Crippen molar-refractivity contribution < 1.29 is 9.53 Å². The molecule has 2 N–H and O–H groups in total. The molecule has 0 bridgehead atoms. The van der Waals surface area contributed by atoms with E-state index in [1.165, 1.54) is 16.5 Å². The van der Waals surface area contributed by atoms with E-state index in [2.05, 4.69) is 44.4 Å². The molecule has 0 aliphatic carbocycles. The average molecular weight is 480 g/mol. The van der Waals surface area contributed by atoms with Gasteiger partial charge in [0.05, 0.1) is 12.0 Å². The van der Waals surface area contributed by atoms with E-state index >= 15 is 0 Å². The number of carbonyl (C=O) groups is 1. The number of benzene rings is 1. The van der Waals surface area contributed by atoms with Gasteiger partial charge in [0.2, 0.25) is 5.91 Å². The van der Waals surface area contributed by atoms with Crippen LogP contribution in [0, 0.1) is 5.92 Å². The second-order valence-corrected chi connectivity index (χ2v) is 10.3. The van der Waals surface area contributed by atoms with Crippen molar-refractivity contribution in [2.75, 3.05) is 44.3 Å². The number of aromatic nitrogens is 2. The Hall–Kier alpha value is -2.55. The fourth-order valence-electron chi connectivity index (χ4n) is 5.33. The standard InChI is InChI=1S/C26H33N5O2S/c27-23(32)15-21-7-4-10-30(21)13-14-33-16-19-8-11-31(12-9-19)25-24-22(20-5-2-1-3-6-20)17-34-26(24)29-18-28-25/h1-3,5-6,17-19,21H,4,7-16H2,(H2,27,32). The Morgan fingerprint density at radius 3 is 2.74 bits per heavy atom. The summed E-state index contributed by atoms with van der Waals surface area (Å²) in [4.78, 5) is 26.3. The van der Waals surface area contributed by atoms with Gasteiger partial charge in [0.1, 0.15) is 17.0 Å². The van der Waals surface area contributed by atoms with Gasteiger partial charge in [-0.15, -0.1) is 11.3 Å². The molecule has 180 valence electrons. The minimum Gasteiger partial charge on any atom is -0.380 e. The normalized spacial score (nSPS) is 19.8. The summed E-state index contributed by atoms with van der Waals surface area (Å²) >= 11 is 1.69. The van der Waals surface area contributed by atoms with E-state index in [1.54, 1.807) is 17.7 Å². The summed E-state index contributed by atoms with van der Waals surface area (Å²) in [6.45, 7) is 5.41. The molecule has 2 fully saturated rings. The number of hydrogen-bond donors (Lipinski definition) is 1. The van der Waals surface area contributed by atoms with Crippen LogP contribution >= 0.6 is 11.3 Å². The third-order valence-electron chi connectivity index (χ3n) is 7.16. The van der Waals surface area contributed by atoms with Crippen molar-refractivity contribution in [3.63, 3.8) is 0 Å². The number of fused-ring (bicyclic) bond motifs is 1. The lowest BCUT2D eigenvalue weighted by molar-refractivity contribution is -0.119. The number of piperidine rings is 1. The molecule has 34 heavy (non-hydrogen) atoms. The molecule has 2 saturated heterocycles. The van der Waals surface area contributed by atoms with Crippen molar-refractivity contribution in [2.45, 2.75) is 38.1 Å². The molecule has 1 unspecified atom stereocenters. The van der Waals surface area contributed by atoms with Gasteiger partial charge in [-0.25, -0.2) is 9.97 Å². The first-order valence-electron chi connectivity index (χ1n) is 12.3. The molecule has 0 radical (unpaired) electrons. The quantitative estimate of drug-likeness (QED) is 0.468. The maximum atomic E-state index is 11.3. The van der Waals surface area contributed by atoms with E-state index in [9.17, 15) is 4.79 Å². The van der Waals surface area contributed by atoms with Crippen molar-refractivity contribution in [3.05, 3.63) is 42.0 Å². The first-order valence-corrected chi connectivity index (χ1v) is 13.2. The number of primary amides is 1. The van der Waals surface area contributed by atoms with Gasteiger partial charge in [0.15, 0.2) is 0 Å². The Morgan fingerprint density at radius 2 is 1.94 bits per heavy atom. The zero-order valence-electron chi connectivity index (χ0n) is 19.6. The van der Waals surface area contributed by atoms with E-state index < -0.39 is 0 Å². The van der Waals surface area contributed by atoms with Crippen LogP contribution in [0.1, 0.15) is 32.1 Å². The molecule has 1 atom stereocenters. The zero-order valence-corrected chi connectivity index (χ0v) is 20.4. The van der Waals surface area contributed by atoms with E-state index in [4.69, 9.17) is 15.5 Å². The lowest BCUT2D eigenvalue weighted by atomic mass is 9.97. The zero-order chi connectivity index (χ0) is 23.3. The van der Waals surface area contributed by atoms with Crippen LogP contribution in [0.3, 0.4) is 0 Å². The molecule has 2 aliphatic heterocycles. The van der Waals surface area contributed by atoms with Crippen LogP contribution < -0.4 is 10.6 Å². The monoisotopic (exact) mass is 479 g/mol. The van der Waals surface area contributed by atoms with E-state index in [0.717, 1.165) is 75.7 Å². The molecule has 0 saturated carbocycles. The molecular weight excluding hydrogens is 446 g/mol. The Labute approximate surface area is 204 Å². The molecular formula is C26H33N5O2S. The summed E-state index contributed by atoms with van der Waals surface area (Å²) in [7, 11) is 0. The SMILES string of the molecule is NC(=O)CC1CCCN1CCOCC1CCN(c2ncnc3scc(-c4ccccc4)c23)CC1. The molecule has 7 nitrogen and oxygen atoms in total. The van der Waals surface area contributed by atoms with Crippen molar-refractivity contribution in [2.24, 2.45) is 11.7 Å². The van der Waals surface area contributed by atoms with E-state index in [-0.39, 0.29) is 5.91 Å². The van der Waals surface area contributed by atoms with Gasteiger partial charge in [-0.1, -0.05) is 30.3 Å². The summed E-state index contributed by atoms with van der Waals surface area (Å²) in [6, 6.07) is 10.8. The third kappa shape index (κ3) is 5.24. The summed E-state index contributed by atoms with van der Waals surface area (Å²) in [5, 5.41) is 3.37. The Morgan fingerprint density at radius 1 is 1.12 bits per heavy atom. The number of likely N-dealkylation sites (tertiary alicyclic amines) is 1. The summed E-state index contributed by atoms with van der Waals surface area (Å²) in [5.74, 6) is 1.42. The first kappa shape index (κ1) is 23.2. The highest BCUT2D eigenvalue weighted by molar-refractivity contribution is 7.17. The lowest BCUT2D eigenvalue weighted by Crippen LogP contribution is -2.37. The van der Waals surface area contributed by atoms with Crippen LogP contribution in [0.2, 0.25) is 0 Å². The fourth-order valence-corrected chi connectivity index (χ4v) is 6.24. The Bertz CT molecular complexity index is 1100. The van der Waals surface area contributed by atoms with Crippen molar-refractivity contribution in [3.8, 4) is 11.1 Å². The minimum absolute atomic E-state index is 0.205. The molecule has 4 heterocycles. The number of nitrogens with two attached hydrogens (primary N) is 1. The largest absolute Gasteiger partial charge is 0.380 e. The van der Waals surface area contributed by atoms with Gasteiger partial charge in [-0.3, -0.25) is 9.69 Å². The number of ether oxygens (including phenoxy) is 1. The van der Waals surface area contributed by atoms with Crippen molar-refractivity contribution >= 4 is 33.3 Å². The summed E-state index contributed by atoms with van der Waals surface area (Å²) in [6.07, 6.45) is 6.57. The minimum atomic E-state index is -0.205. The number of thiophene rings is 1. The van der Waals surface area contributed by atoms with Crippen LogP contribution in [0.15, 0.2) is 42.0 Å². The third-order valence-corrected chi connectivity index (χ3v) is 8.05. The van der Waals surface area contributed by atoms with E-state index in [0.29, 0.717) is 18.4 Å². The van der Waals surface area contributed by atoms with Gasteiger partial charge in [-0.2, -0.15) is 0 Å². The summed E-state index contributed by atoms with van der Waals surface area (Å²) < 4.78 is 6.06. The predicted octanol–water partition coefficient (Wildman–Crippen LogP) is 3.93. The second-order valence-electron chi connectivity index (χ2n) is 9.40. The number of carbonyl (C=O) groups excluding carboxylic acids is 1.